The lowest BCUT2D eigenvalue weighted by molar-refractivity contribution is -0.126. The molecule has 9 heteroatoms. The second-order valence-electron chi connectivity index (χ2n) is 6.81. The quantitative estimate of drug-likeness (QED) is 0.653. The maximum absolute atomic E-state index is 13.0. The first kappa shape index (κ1) is 20.3. The zero-order valence-corrected chi connectivity index (χ0v) is 16.5. The second kappa shape index (κ2) is 9.64. The van der Waals surface area contributed by atoms with Crippen LogP contribution in [-0.2, 0) is 18.0 Å². The van der Waals surface area contributed by atoms with Crippen molar-refractivity contribution < 1.29 is 9.18 Å². The number of hydrogen-bond acceptors (Lipinski definition) is 6. The van der Waals surface area contributed by atoms with Crippen molar-refractivity contribution in [1.29, 1.82) is 0 Å². The number of nitrogens with one attached hydrogen (secondary N) is 3. The number of hydrogen-bond donors (Lipinski definition) is 3. The van der Waals surface area contributed by atoms with Gasteiger partial charge in [-0.2, -0.15) is 15.0 Å². The van der Waals surface area contributed by atoms with E-state index in [9.17, 15) is 9.18 Å². The van der Waals surface area contributed by atoms with Crippen molar-refractivity contribution in [2.75, 3.05) is 17.7 Å². The Bertz CT molecular complexity index is 813. The SMILES string of the molecule is CNc1nc(Cl)nc(NC2CCC(C(=O)NCc3ccccc3CF)CC2)n1. The fourth-order valence-electron chi connectivity index (χ4n) is 3.40. The van der Waals surface area contributed by atoms with Crippen LogP contribution in [0.15, 0.2) is 24.3 Å². The molecule has 1 fully saturated rings. The highest BCUT2D eigenvalue weighted by molar-refractivity contribution is 6.28. The van der Waals surface area contributed by atoms with Crippen LogP contribution in [-0.4, -0.2) is 33.9 Å². The third kappa shape index (κ3) is 5.28. The molecule has 1 heterocycles. The molecule has 1 amide bonds. The number of anilines is 2. The van der Waals surface area contributed by atoms with E-state index in [2.05, 4.69) is 30.9 Å². The minimum Gasteiger partial charge on any atom is -0.357 e. The van der Waals surface area contributed by atoms with E-state index in [4.69, 9.17) is 11.6 Å². The molecule has 0 radical (unpaired) electrons. The van der Waals surface area contributed by atoms with Crippen LogP contribution in [0.4, 0.5) is 16.3 Å². The van der Waals surface area contributed by atoms with Crippen LogP contribution in [0.3, 0.4) is 0 Å². The Balaban J connectivity index is 1.48. The van der Waals surface area contributed by atoms with Gasteiger partial charge in [-0.05, 0) is 48.4 Å². The lowest BCUT2D eigenvalue weighted by Crippen LogP contribution is -2.36. The largest absolute Gasteiger partial charge is 0.357 e. The summed E-state index contributed by atoms with van der Waals surface area (Å²) >= 11 is 5.90. The fourth-order valence-corrected chi connectivity index (χ4v) is 3.56. The first-order chi connectivity index (χ1) is 13.6. The van der Waals surface area contributed by atoms with Gasteiger partial charge in [0.2, 0.25) is 23.1 Å². The highest BCUT2D eigenvalue weighted by atomic mass is 35.5. The summed E-state index contributed by atoms with van der Waals surface area (Å²) in [5, 5.41) is 9.18. The third-order valence-electron chi connectivity index (χ3n) is 4.98. The number of aromatic nitrogens is 3. The van der Waals surface area contributed by atoms with Crippen molar-refractivity contribution in [3.8, 4) is 0 Å². The number of alkyl halides is 1. The maximum Gasteiger partial charge on any atom is 0.229 e. The van der Waals surface area contributed by atoms with Crippen molar-refractivity contribution in [3.05, 3.63) is 40.7 Å². The monoisotopic (exact) mass is 406 g/mol. The summed E-state index contributed by atoms with van der Waals surface area (Å²) in [6.07, 6.45) is 3.20. The summed E-state index contributed by atoms with van der Waals surface area (Å²) in [6, 6.07) is 7.41. The Kier molecular flexibility index (Phi) is 6.97. The Morgan fingerprint density at radius 2 is 1.79 bits per heavy atom. The zero-order chi connectivity index (χ0) is 19.9. The minimum absolute atomic E-state index is 0.0211. The highest BCUT2D eigenvalue weighted by Crippen LogP contribution is 2.26. The van der Waals surface area contributed by atoms with Crippen molar-refractivity contribution >= 4 is 29.4 Å². The highest BCUT2D eigenvalue weighted by Gasteiger charge is 2.26. The first-order valence-corrected chi connectivity index (χ1v) is 9.73. The summed E-state index contributed by atoms with van der Waals surface area (Å²) < 4.78 is 13.0. The summed E-state index contributed by atoms with van der Waals surface area (Å²) in [6.45, 7) is -0.174. The van der Waals surface area contributed by atoms with Gasteiger partial charge in [-0.15, -0.1) is 0 Å². The third-order valence-corrected chi connectivity index (χ3v) is 5.15. The van der Waals surface area contributed by atoms with Crippen molar-refractivity contribution in [3.63, 3.8) is 0 Å². The van der Waals surface area contributed by atoms with E-state index in [1.807, 2.05) is 12.1 Å². The van der Waals surface area contributed by atoms with E-state index >= 15 is 0 Å². The maximum atomic E-state index is 13.0. The topological polar surface area (TPSA) is 91.8 Å². The number of carbonyl (C=O) groups excluding carboxylic acids is 1. The molecule has 1 aliphatic rings. The van der Waals surface area contributed by atoms with E-state index in [0.29, 0.717) is 24.0 Å². The molecule has 0 spiro atoms. The molecule has 3 N–H and O–H groups in total. The number of carbonyl (C=O) groups is 1. The van der Waals surface area contributed by atoms with E-state index in [1.165, 1.54) is 0 Å². The van der Waals surface area contributed by atoms with Crippen LogP contribution in [0.1, 0.15) is 36.8 Å². The molecule has 0 unspecified atom stereocenters. The zero-order valence-electron chi connectivity index (χ0n) is 15.7. The summed E-state index contributed by atoms with van der Waals surface area (Å²) in [5.41, 5.74) is 1.44. The number of amides is 1. The molecule has 28 heavy (non-hydrogen) atoms. The molecule has 1 aromatic carbocycles. The number of rotatable bonds is 7. The molecule has 7 nitrogen and oxygen atoms in total. The minimum atomic E-state index is -0.529. The Hall–Kier alpha value is -2.48. The van der Waals surface area contributed by atoms with Crippen LogP contribution >= 0.6 is 11.6 Å². The van der Waals surface area contributed by atoms with Gasteiger partial charge in [0.15, 0.2) is 0 Å². The fraction of sp³-hybridized carbons (Fsp3) is 0.474. The number of nitrogens with zero attached hydrogens (tertiary/aromatic N) is 3. The van der Waals surface area contributed by atoms with E-state index in [1.54, 1.807) is 19.2 Å². The lowest BCUT2D eigenvalue weighted by Gasteiger charge is -2.28. The lowest BCUT2D eigenvalue weighted by atomic mass is 9.85. The molecule has 0 aliphatic heterocycles. The number of halogens is 2. The van der Waals surface area contributed by atoms with Crippen LogP contribution in [0.5, 0.6) is 0 Å². The predicted molar refractivity (Wildman–Crippen MR) is 107 cm³/mol. The summed E-state index contributed by atoms with van der Waals surface area (Å²) in [4.78, 5) is 24.8. The Morgan fingerprint density at radius 1 is 1.11 bits per heavy atom. The molecule has 0 bridgehead atoms. The van der Waals surface area contributed by atoms with E-state index in [0.717, 1.165) is 31.2 Å². The molecule has 0 saturated heterocycles. The summed E-state index contributed by atoms with van der Waals surface area (Å²) in [7, 11) is 1.71. The van der Waals surface area contributed by atoms with Crippen LogP contribution < -0.4 is 16.0 Å². The molecular weight excluding hydrogens is 383 g/mol. The number of benzene rings is 1. The molecule has 2 aromatic rings. The van der Waals surface area contributed by atoms with Crippen LogP contribution in [0, 0.1) is 5.92 Å². The van der Waals surface area contributed by atoms with Gasteiger partial charge in [0.05, 0.1) is 0 Å². The molecule has 1 saturated carbocycles. The Morgan fingerprint density at radius 3 is 2.46 bits per heavy atom. The van der Waals surface area contributed by atoms with Crippen molar-refractivity contribution in [2.24, 2.45) is 5.92 Å². The summed E-state index contributed by atoms with van der Waals surface area (Å²) in [5.74, 6) is 0.822. The van der Waals surface area contributed by atoms with Gasteiger partial charge in [0.1, 0.15) is 6.67 Å². The van der Waals surface area contributed by atoms with Gasteiger partial charge in [0, 0.05) is 25.6 Å². The van der Waals surface area contributed by atoms with Crippen molar-refractivity contribution in [2.45, 2.75) is 44.9 Å². The van der Waals surface area contributed by atoms with Crippen LogP contribution in [0.25, 0.3) is 0 Å². The van der Waals surface area contributed by atoms with E-state index < -0.39 is 6.67 Å². The van der Waals surface area contributed by atoms with E-state index in [-0.39, 0.29) is 23.2 Å². The molecule has 150 valence electrons. The van der Waals surface area contributed by atoms with Gasteiger partial charge in [-0.25, -0.2) is 4.39 Å². The smallest absolute Gasteiger partial charge is 0.229 e. The Labute approximate surface area is 168 Å². The standard InChI is InChI=1S/C19H24ClFN6O/c1-22-18-25-17(20)26-19(27-18)24-15-8-6-12(7-9-15)16(28)23-11-14-5-3-2-4-13(14)10-21/h2-5,12,15H,6-11H2,1H3,(H,23,28)(H2,22,24,25,26,27). The average molecular weight is 407 g/mol. The van der Waals surface area contributed by atoms with Crippen molar-refractivity contribution in [1.82, 2.24) is 20.3 Å². The van der Waals surface area contributed by atoms with Gasteiger partial charge >= 0.3 is 0 Å². The molecule has 0 atom stereocenters. The van der Waals surface area contributed by atoms with Crippen LogP contribution in [0.2, 0.25) is 5.28 Å². The molecular formula is C19H24ClFN6O. The van der Waals surface area contributed by atoms with Gasteiger partial charge in [-0.3, -0.25) is 4.79 Å². The van der Waals surface area contributed by atoms with Gasteiger partial charge in [-0.1, -0.05) is 24.3 Å². The molecule has 1 aromatic heterocycles. The molecule has 1 aliphatic carbocycles. The normalized spacial score (nSPS) is 19.1. The second-order valence-corrected chi connectivity index (χ2v) is 7.15. The van der Waals surface area contributed by atoms with Gasteiger partial charge in [0.25, 0.3) is 0 Å². The predicted octanol–water partition coefficient (Wildman–Crippen LogP) is 3.32. The first-order valence-electron chi connectivity index (χ1n) is 9.35. The molecule has 3 rings (SSSR count). The average Bonchev–Trinajstić information content (AvgIpc) is 2.72. The van der Waals surface area contributed by atoms with Gasteiger partial charge < -0.3 is 16.0 Å².